The predicted molar refractivity (Wildman–Crippen MR) is 97.3 cm³/mol. The molecule has 0 saturated heterocycles. The smallest absolute Gasteiger partial charge is 0.325 e. The molecule has 5 N–H and O–H groups in total. The second kappa shape index (κ2) is 10.3. The molecule has 25 heavy (non-hydrogen) atoms. The van der Waals surface area contributed by atoms with Crippen molar-refractivity contribution >= 4 is 28.3 Å². The second-order valence-corrected chi connectivity index (χ2v) is 6.18. The monoisotopic (exact) mass is 366 g/mol. The zero-order chi connectivity index (χ0) is 18.8. The summed E-state index contributed by atoms with van der Waals surface area (Å²) in [6, 6.07) is 9.14. The Hall–Kier alpha value is -2.58. The number of phenols is 1. The Kier molecular flexibility index (Phi) is 8.45. The van der Waals surface area contributed by atoms with Crippen LogP contribution < -0.4 is 10.6 Å². The molecule has 2 aromatic rings. The normalized spacial score (nSPS) is 12.4. The van der Waals surface area contributed by atoms with Gasteiger partial charge < -0.3 is 26.0 Å². The standard InChI is InChI=1S/C10H13NO3.C7H9NO2S/c1-11-9(10(13)14)6-7-2-4-8(12)5-3-7;1-5(7(9)10)8-6-3-2-4-11-6/h2-5,9,11-12H,6H2,1H3,(H,13,14);2-5,8H,1H3,(H,9,10)/t9-;5-/m01/s1. The van der Waals surface area contributed by atoms with Crippen molar-refractivity contribution in [2.75, 3.05) is 12.4 Å². The van der Waals surface area contributed by atoms with Crippen LogP contribution in [0.4, 0.5) is 5.00 Å². The Balaban J connectivity index is 0.000000257. The van der Waals surface area contributed by atoms with Gasteiger partial charge in [0.05, 0.1) is 5.00 Å². The number of benzene rings is 1. The fourth-order valence-electron chi connectivity index (χ4n) is 1.82. The Morgan fingerprint density at radius 2 is 1.76 bits per heavy atom. The molecule has 2 atom stereocenters. The van der Waals surface area contributed by atoms with E-state index in [2.05, 4.69) is 10.6 Å². The molecular weight excluding hydrogens is 344 g/mol. The maximum absolute atomic E-state index is 10.7. The number of aliphatic carboxylic acids is 2. The highest BCUT2D eigenvalue weighted by Crippen LogP contribution is 2.15. The van der Waals surface area contributed by atoms with Crippen LogP contribution in [-0.2, 0) is 16.0 Å². The number of phenolic OH excluding ortho intramolecular Hbond substituents is 1. The quantitative estimate of drug-likeness (QED) is 0.510. The van der Waals surface area contributed by atoms with E-state index in [-0.39, 0.29) is 5.75 Å². The number of carboxylic acid groups (broad SMARTS) is 2. The van der Waals surface area contributed by atoms with Gasteiger partial charge in [0.1, 0.15) is 17.8 Å². The van der Waals surface area contributed by atoms with E-state index in [9.17, 15) is 9.59 Å². The van der Waals surface area contributed by atoms with Crippen molar-refractivity contribution in [3.05, 3.63) is 47.3 Å². The van der Waals surface area contributed by atoms with Gasteiger partial charge in [-0.15, -0.1) is 11.3 Å². The minimum Gasteiger partial charge on any atom is -0.508 e. The topological polar surface area (TPSA) is 119 Å². The number of aromatic hydroxyl groups is 1. The van der Waals surface area contributed by atoms with Crippen LogP contribution in [0, 0.1) is 0 Å². The number of carboxylic acids is 2. The molecule has 0 fully saturated rings. The summed E-state index contributed by atoms with van der Waals surface area (Å²) >= 11 is 1.49. The first-order valence-corrected chi connectivity index (χ1v) is 8.42. The average molecular weight is 366 g/mol. The Bertz CT molecular complexity index is 658. The minimum atomic E-state index is -0.874. The van der Waals surface area contributed by atoms with Crippen molar-refractivity contribution in [2.24, 2.45) is 0 Å². The number of rotatable bonds is 7. The maximum Gasteiger partial charge on any atom is 0.325 e. The summed E-state index contributed by atoms with van der Waals surface area (Å²) in [5.41, 5.74) is 0.879. The molecule has 0 unspecified atom stereocenters. The van der Waals surface area contributed by atoms with Crippen molar-refractivity contribution in [2.45, 2.75) is 25.4 Å². The lowest BCUT2D eigenvalue weighted by molar-refractivity contribution is -0.139. The third-order valence-electron chi connectivity index (χ3n) is 3.27. The van der Waals surface area contributed by atoms with E-state index < -0.39 is 24.0 Å². The third kappa shape index (κ3) is 7.69. The highest BCUT2D eigenvalue weighted by Gasteiger charge is 2.14. The Morgan fingerprint density at radius 3 is 2.20 bits per heavy atom. The largest absolute Gasteiger partial charge is 0.508 e. The highest BCUT2D eigenvalue weighted by atomic mass is 32.1. The van der Waals surface area contributed by atoms with Gasteiger partial charge in [-0.2, -0.15) is 0 Å². The third-order valence-corrected chi connectivity index (χ3v) is 4.07. The number of nitrogens with one attached hydrogen (secondary N) is 2. The SMILES string of the molecule is CN[C@@H](Cc1ccc(O)cc1)C(=O)O.C[C@@H](Nc1cccs1)C(=O)O. The summed E-state index contributed by atoms with van der Waals surface area (Å²) in [6.07, 6.45) is 0.409. The van der Waals surface area contributed by atoms with Gasteiger partial charge in [0.15, 0.2) is 0 Å². The number of hydrogen-bond donors (Lipinski definition) is 5. The molecule has 7 nitrogen and oxygen atoms in total. The summed E-state index contributed by atoms with van der Waals surface area (Å²) in [5.74, 6) is -1.52. The summed E-state index contributed by atoms with van der Waals surface area (Å²) in [7, 11) is 1.61. The van der Waals surface area contributed by atoms with E-state index in [1.54, 1.807) is 38.2 Å². The molecule has 0 aliphatic carbocycles. The highest BCUT2D eigenvalue weighted by molar-refractivity contribution is 7.14. The molecule has 8 heteroatoms. The molecule has 0 aliphatic heterocycles. The molecular formula is C17H22N2O5S. The zero-order valence-electron chi connectivity index (χ0n) is 14.0. The number of hydrogen-bond acceptors (Lipinski definition) is 6. The fourth-order valence-corrected chi connectivity index (χ4v) is 2.52. The number of thiophene rings is 1. The molecule has 2 rings (SSSR count). The van der Waals surface area contributed by atoms with Gasteiger partial charge in [0, 0.05) is 0 Å². The molecule has 0 aliphatic rings. The Labute approximate surface area is 149 Å². The molecule has 0 radical (unpaired) electrons. The van der Waals surface area contributed by atoms with Gasteiger partial charge in [-0.05, 0) is 55.6 Å². The summed E-state index contributed by atoms with van der Waals surface area (Å²) in [4.78, 5) is 21.1. The van der Waals surface area contributed by atoms with Crippen LogP contribution in [0.2, 0.25) is 0 Å². The van der Waals surface area contributed by atoms with Crippen LogP contribution in [0.25, 0.3) is 0 Å². The molecule has 1 heterocycles. The van der Waals surface area contributed by atoms with Crippen molar-refractivity contribution in [1.29, 1.82) is 0 Å². The van der Waals surface area contributed by atoms with E-state index in [0.29, 0.717) is 6.42 Å². The molecule has 0 amide bonds. The van der Waals surface area contributed by atoms with Gasteiger partial charge in [0.2, 0.25) is 0 Å². The first-order valence-electron chi connectivity index (χ1n) is 7.54. The number of anilines is 1. The lowest BCUT2D eigenvalue weighted by Crippen LogP contribution is -2.35. The predicted octanol–water partition coefficient (Wildman–Crippen LogP) is 2.24. The number of likely N-dealkylation sites (N-methyl/N-ethyl adjacent to an activating group) is 1. The van der Waals surface area contributed by atoms with E-state index >= 15 is 0 Å². The van der Waals surface area contributed by atoms with Crippen LogP contribution >= 0.6 is 11.3 Å². The van der Waals surface area contributed by atoms with Gasteiger partial charge in [0.25, 0.3) is 0 Å². The van der Waals surface area contributed by atoms with Crippen molar-refractivity contribution in [1.82, 2.24) is 5.32 Å². The van der Waals surface area contributed by atoms with Gasteiger partial charge >= 0.3 is 11.9 Å². The first-order chi connectivity index (χ1) is 11.8. The van der Waals surface area contributed by atoms with E-state index in [1.165, 1.54) is 11.3 Å². The van der Waals surface area contributed by atoms with Crippen LogP contribution in [-0.4, -0.2) is 46.4 Å². The number of carbonyl (C=O) groups is 2. The molecule has 0 bridgehead atoms. The molecule has 0 saturated carbocycles. The van der Waals surface area contributed by atoms with E-state index in [4.69, 9.17) is 15.3 Å². The molecule has 0 spiro atoms. The summed E-state index contributed by atoms with van der Waals surface area (Å²) < 4.78 is 0. The van der Waals surface area contributed by atoms with Crippen LogP contribution in [0.3, 0.4) is 0 Å². The van der Waals surface area contributed by atoms with Gasteiger partial charge in [-0.25, -0.2) is 0 Å². The molecule has 1 aromatic heterocycles. The lowest BCUT2D eigenvalue weighted by atomic mass is 10.1. The van der Waals surface area contributed by atoms with Crippen LogP contribution in [0.1, 0.15) is 12.5 Å². The minimum absolute atomic E-state index is 0.185. The second-order valence-electron chi connectivity index (χ2n) is 5.23. The van der Waals surface area contributed by atoms with Crippen LogP contribution in [0.15, 0.2) is 41.8 Å². The van der Waals surface area contributed by atoms with Crippen molar-refractivity contribution in [3.63, 3.8) is 0 Å². The van der Waals surface area contributed by atoms with E-state index in [0.717, 1.165) is 10.6 Å². The van der Waals surface area contributed by atoms with Gasteiger partial charge in [-0.3, -0.25) is 9.59 Å². The van der Waals surface area contributed by atoms with Gasteiger partial charge in [-0.1, -0.05) is 12.1 Å². The molecule has 1 aromatic carbocycles. The first kappa shape index (κ1) is 20.5. The average Bonchev–Trinajstić information content (AvgIpc) is 3.07. The zero-order valence-corrected chi connectivity index (χ0v) is 14.8. The van der Waals surface area contributed by atoms with Crippen LogP contribution in [0.5, 0.6) is 5.75 Å². The molecule has 136 valence electrons. The maximum atomic E-state index is 10.7. The Morgan fingerprint density at radius 1 is 1.12 bits per heavy atom. The van der Waals surface area contributed by atoms with Crippen molar-refractivity contribution in [3.8, 4) is 5.75 Å². The van der Waals surface area contributed by atoms with Crippen molar-refractivity contribution < 1.29 is 24.9 Å². The lowest BCUT2D eigenvalue weighted by Gasteiger charge is -2.10. The fraction of sp³-hybridized carbons (Fsp3) is 0.294. The summed E-state index contributed by atoms with van der Waals surface area (Å²) in [5, 5.41) is 34.7. The van der Waals surface area contributed by atoms with E-state index in [1.807, 2.05) is 17.5 Å². The summed E-state index contributed by atoms with van der Waals surface area (Å²) in [6.45, 7) is 1.61.